The first kappa shape index (κ1) is 19.6. The lowest BCUT2D eigenvalue weighted by molar-refractivity contribution is -0.285. The number of hydrogen-bond acceptors (Lipinski definition) is 4. The number of carbonyl (C=O) groups excluding carboxylic acids is 2. The van der Waals surface area contributed by atoms with Gasteiger partial charge in [-0.25, -0.2) is 0 Å². The van der Waals surface area contributed by atoms with Crippen LogP contribution in [0.3, 0.4) is 0 Å². The molecule has 1 aromatic rings. The molecule has 0 saturated carbocycles. The van der Waals surface area contributed by atoms with Crippen LogP contribution >= 0.6 is 0 Å². The van der Waals surface area contributed by atoms with Crippen LogP contribution in [-0.2, 0) is 19.1 Å². The van der Waals surface area contributed by atoms with Crippen molar-refractivity contribution in [1.82, 2.24) is 10.2 Å². The molecule has 6 heteroatoms. The molecule has 0 unspecified atom stereocenters. The lowest BCUT2D eigenvalue weighted by Gasteiger charge is -2.42. The number of nitrogens with one attached hydrogen (secondary N) is 1. The predicted octanol–water partition coefficient (Wildman–Crippen LogP) is 2.42. The minimum absolute atomic E-state index is 0.00135. The summed E-state index contributed by atoms with van der Waals surface area (Å²) in [7, 11) is 0. The Bertz CT molecular complexity index is 681. The lowest BCUT2D eigenvalue weighted by atomic mass is 9.94. The Balaban J connectivity index is 1.64. The van der Waals surface area contributed by atoms with Gasteiger partial charge in [0.2, 0.25) is 11.8 Å². The lowest BCUT2D eigenvalue weighted by Crippen LogP contribution is -2.53. The van der Waals surface area contributed by atoms with Gasteiger partial charge in [0, 0.05) is 19.0 Å². The Morgan fingerprint density at radius 3 is 2.52 bits per heavy atom. The van der Waals surface area contributed by atoms with E-state index in [1.165, 1.54) is 6.08 Å². The van der Waals surface area contributed by atoms with Crippen LogP contribution in [0.25, 0.3) is 0 Å². The van der Waals surface area contributed by atoms with Crippen LogP contribution in [0, 0.1) is 5.92 Å². The zero-order valence-electron chi connectivity index (χ0n) is 16.0. The van der Waals surface area contributed by atoms with Gasteiger partial charge in [-0.2, -0.15) is 0 Å². The van der Waals surface area contributed by atoms with Gasteiger partial charge in [-0.05, 0) is 38.3 Å². The molecule has 1 aromatic carbocycles. The fraction of sp³-hybridized carbons (Fsp3) is 0.524. The van der Waals surface area contributed by atoms with Gasteiger partial charge in [0.25, 0.3) is 0 Å². The number of ether oxygens (including phenoxy) is 2. The summed E-state index contributed by atoms with van der Waals surface area (Å²) < 4.78 is 11.9. The van der Waals surface area contributed by atoms with Gasteiger partial charge in [-0.3, -0.25) is 9.59 Å². The van der Waals surface area contributed by atoms with Crippen molar-refractivity contribution in [2.45, 2.75) is 44.6 Å². The van der Waals surface area contributed by atoms with Crippen molar-refractivity contribution < 1.29 is 19.1 Å². The summed E-state index contributed by atoms with van der Waals surface area (Å²) in [5.74, 6) is -0.879. The molecule has 0 aliphatic carbocycles. The molecule has 27 heavy (non-hydrogen) atoms. The molecule has 0 bridgehead atoms. The molecule has 0 spiro atoms. The molecule has 2 fully saturated rings. The highest BCUT2D eigenvalue weighted by molar-refractivity contribution is 5.87. The van der Waals surface area contributed by atoms with E-state index in [1.807, 2.05) is 44.2 Å². The van der Waals surface area contributed by atoms with Gasteiger partial charge < -0.3 is 19.7 Å². The average Bonchev–Trinajstić information content (AvgIpc) is 2.69. The van der Waals surface area contributed by atoms with Crippen molar-refractivity contribution in [2.75, 3.05) is 19.7 Å². The first-order chi connectivity index (χ1) is 12.9. The number of rotatable bonds is 4. The van der Waals surface area contributed by atoms with Crippen LogP contribution in [0.2, 0.25) is 0 Å². The van der Waals surface area contributed by atoms with Crippen LogP contribution in [0.15, 0.2) is 43.0 Å². The molecule has 2 aliphatic heterocycles. The zero-order chi connectivity index (χ0) is 19.4. The summed E-state index contributed by atoms with van der Waals surface area (Å²) in [5, 5.41) is 3.12. The molecule has 2 aliphatic rings. The van der Waals surface area contributed by atoms with Crippen molar-refractivity contribution in [3.05, 3.63) is 48.6 Å². The summed E-state index contributed by atoms with van der Waals surface area (Å²) >= 11 is 0. The Hall–Kier alpha value is -2.18. The molecule has 0 radical (unpaired) electrons. The second-order valence-corrected chi connectivity index (χ2v) is 7.58. The third-order valence-corrected chi connectivity index (χ3v) is 5.19. The molecule has 0 aromatic heterocycles. The molecule has 6 nitrogen and oxygen atoms in total. The highest BCUT2D eigenvalue weighted by atomic mass is 16.7. The van der Waals surface area contributed by atoms with Crippen LogP contribution in [0.1, 0.15) is 38.4 Å². The van der Waals surface area contributed by atoms with E-state index in [-0.39, 0.29) is 29.9 Å². The molecule has 1 N–H and O–H groups in total. The summed E-state index contributed by atoms with van der Waals surface area (Å²) in [6, 6.07) is 9.65. The van der Waals surface area contributed by atoms with Crippen LogP contribution < -0.4 is 5.32 Å². The zero-order valence-corrected chi connectivity index (χ0v) is 16.0. The van der Waals surface area contributed by atoms with Gasteiger partial charge in [0.05, 0.1) is 12.6 Å². The topological polar surface area (TPSA) is 67.9 Å². The average molecular weight is 372 g/mol. The summed E-state index contributed by atoms with van der Waals surface area (Å²) in [6.07, 6.45) is 2.37. The second-order valence-electron chi connectivity index (χ2n) is 7.58. The summed E-state index contributed by atoms with van der Waals surface area (Å²) in [5.41, 5.74) is 1.02. The van der Waals surface area contributed by atoms with Crippen molar-refractivity contribution in [2.24, 2.45) is 5.92 Å². The Labute approximate surface area is 160 Å². The van der Waals surface area contributed by atoms with Crippen LogP contribution in [-0.4, -0.2) is 48.2 Å². The number of amides is 2. The Kier molecular flexibility index (Phi) is 5.97. The predicted molar refractivity (Wildman–Crippen MR) is 102 cm³/mol. The monoisotopic (exact) mass is 372 g/mol. The number of hydrogen-bond donors (Lipinski definition) is 1. The van der Waals surface area contributed by atoms with E-state index in [9.17, 15) is 9.59 Å². The largest absolute Gasteiger partial charge is 0.348 e. The summed E-state index contributed by atoms with van der Waals surface area (Å²) in [6.45, 7) is 8.84. The minimum atomic E-state index is -0.696. The third-order valence-electron chi connectivity index (χ3n) is 5.19. The molecular formula is C21H28N2O4. The number of likely N-dealkylation sites (tertiary alicyclic amines) is 1. The molecule has 2 saturated heterocycles. The first-order valence-corrected chi connectivity index (χ1v) is 9.48. The first-order valence-electron chi connectivity index (χ1n) is 9.48. The quantitative estimate of drug-likeness (QED) is 0.825. The van der Waals surface area contributed by atoms with E-state index in [1.54, 1.807) is 4.90 Å². The maximum Gasteiger partial charge on any atom is 0.245 e. The van der Waals surface area contributed by atoms with Gasteiger partial charge in [-0.15, -0.1) is 0 Å². The smallest absolute Gasteiger partial charge is 0.245 e. The highest BCUT2D eigenvalue weighted by Gasteiger charge is 2.39. The van der Waals surface area contributed by atoms with Crippen molar-refractivity contribution in [3.8, 4) is 0 Å². The Morgan fingerprint density at radius 2 is 1.89 bits per heavy atom. The van der Waals surface area contributed by atoms with Gasteiger partial charge in [-0.1, -0.05) is 36.9 Å². The minimum Gasteiger partial charge on any atom is -0.348 e. The maximum absolute atomic E-state index is 12.8. The number of carbonyl (C=O) groups is 2. The van der Waals surface area contributed by atoms with Crippen LogP contribution in [0.4, 0.5) is 0 Å². The molecule has 3 rings (SSSR count). The molecular weight excluding hydrogens is 344 g/mol. The fourth-order valence-electron chi connectivity index (χ4n) is 3.65. The van der Waals surface area contributed by atoms with Crippen LogP contribution in [0.5, 0.6) is 0 Å². The van der Waals surface area contributed by atoms with Gasteiger partial charge in [0.1, 0.15) is 6.10 Å². The van der Waals surface area contributed by atoms with Gasteiger partial charge >= 0.3 is 0 Å². The number of piperidine rings is 1. The molecule has 2 heterocycles. The van der Waals surface area contributed by atoms with E-state index < -0.39 is 5.79 Å². The van der Waals surface area contributed by atoms with Crippen molar-refractivity contribution in [3.63, 3.8) is 0 Å². The Morgan fingerprint density at radius 1 is 1.22 bits per heavy atom. The molecule has 146 valence electrons. The van der Waals surface area contributed by atoms with E-state index in [2.05, 4.69) is 11.9 Å². The third kappa shape index (κ3) is 4.76. The highest BCUT2D eigenvalue weighted by Crippen LogP contribution is 2.33. The fourth-order valence-corrected chi connectivity index (χ4v) is 3.65. The standard InChI is InChI=1S/C21H28N2O4/c1-4-18(24)23-12-10-16(11-13-23)20(25)22-17-14-26-21(2,3)27-19(17)15-8-6-5-7-9-15/h4-9,16-17,19H,1,10-14H2,2-3H3,(H,22,25)/t17-,19-/m1/s1. The van der Waals surface area contributed by atoms with E-state index in [0.717, 1.165) is 5.56 Å². The van der Waals surface area contributed by atoms with Crippen molar-refractivity contribution >= 4 is 11.8 Å². The molecule has 2 atom stereocenters. The van der Waals surface area contributed by atoms with E-state index >= 15 is 0 Å². The van der Waals surface area contributed by atoms with Gasteiger partial charge in [0.15, 0.2) is 5.79 Å². The summed E-state index contributed by atoms with van der Waals surface area (Å²) in [4.78, 5) is 26.2. The molecule has 2 amide bonds. The normalized spacial score (nSPS) is 25.6. The van der Waals surface area contributed by atoms with E-state index in [4.69, 9.17) is 9.47 Å². The van der Waals surface area contributed by atoms with Crippen molar-refractivity contribution in [1.29, 1.82) is 0 Å². The maximum atomic E-state index is 12.8. The van der Waals surface area contributed by atoms with E-state index in [0.29, 0.717) is 32.5 Å². The number of nitrogens with zero attached hydrogens (tertiary/aromatic N) is 1. The second kappa shape index (κ2) is 8.23. The number of benzene rings is 1. The SMILES string of the molecule is C=CC(=O)N1CCC(C(=O)N[C@@H]2COC(C)(C)O[C@@H]2c2ccccc2)CC1.